The van der Waals surface area contributed by atoms with Crippen molar-refractivity contribution >= 4 is 62.5 Å². The Balaban J connectivity index is 1.80. The molecule has 6 nitrogen and oxygen atoms in total. The summed E-state index contributed by atoms with van der Waals surface area (Å²) in [6.07, 6.45) is 0.928. The largest absolute Gasteiger partial charge is 0.397 e. The third-order valence-corrected chi connectivity index (χ3v) is 7.94. The van der Waals surface area contributed by atoms with Crippen LogP contribution in [0.1, 0.15) is 24.3 Å². The molecule has 1 aromatic heterocycles. The summed E-state index contributed by atoms with van der Waals surface area (Å²) in [4.78, 5) is 12.5. The molecule has 1 atom stereocenters. The first-order valence-corrected chi connectivity index (χ1v) is 14.1. The van der Waals surface area contributed by atoms with Crippen molar-refractivity contribution in [1.82, 2.24) is 4.90 Å². The average Bonchev–Trinajstić information content (AvgIpc) is 3.37. The van der Waals surface area contributed by atoms with Crippen LogP contribution in [0.15, 0.2) is 65.0 Å². The Kier molecular flexibility index (Phi) is 10.2. The van der Waals surface area contributed by atoms with E-state index < -0.39 is 0 Å². The van der Waals surface area contributed by atoms with Gasteiger partial charge in [-0.05, 0) is 75.3 Å². The number of halogens is 1. The standard InChI is InChI=1S/C27H37IN6S/c1-5-33(6-2)22-12-9-20(10-13-22)18-26(28)34(16-15-32(3)4)24-14-11-21(19-23(24)29)31-27(30)25-8-7-17-35-25/h7-14,17,19,26H,5-6,15-16,18,29H2,1-4H3,(H2,30,31). The molecule has 4 N–H and O–H groups in total. The number of aliphatic imine (C=N–C) groups is 1. The van der Waals surface area contributed by atoms with Crippen molar-refractivity contribution in [3.63, 3.8) is 0 Å². The number of nitrogens with zero attached hydrogens (tertiary/aromatic N) is 4. The van der Waals surface area contributed by atoms with Gasteiger partial charge in [-0.2, -0.15) is 0 Å². The molecular weight excluding hydrogens is 567 g/mol. The second-order valence-electron chi connectivity index (χ2n) is 8.69. The van der Waals surface area contributed by atoms with Crippen LogP contribution in [-0.4, -0.2) is 55.1 Å². The van der Waals surface area contributed by atoms with E-state index in [-0.39, 0.29) is 4.05 Å². The molecule has 3 aromatic rings. The van der Waals surface area contributed by atoms with Gasteiger partial charge < -0.3 is 26.2 Å². The number of anilines is 3. The minimum atomic E-state index is 0.250. The van der Waals surface area contributed by atoms with Gasteiger partial charge in [-0.1, -0.05) is 40.8 Å². The minimum Gasteiger partial charge on any atom is -0.397 e. The fourth-order valence-electron chi connectivity index (χ4n) is 3.95. The van der Waals surface area contributed by atoms with Gasteiger partial charge in [0.1, 0.15) is 5.84 Å². The van der Waals surface area contributed by atoms with E-state index in [9.17, 15) is 0 Å². The highest BCUT2D eigenvalue weighted by molar-refractivity contribution is 14.1. The Labute approximate surface area is 227 Å². The Hall–Kier alpha value is -2.30. The molecule has 0 amide bonds. The van der Waals surface area contributed by atoms with Crippen LogP contribution >= 0.6 is 33.9 Å². The predicted molar refractivity (Wildman–Crippen MR) is 163 cm³/mol. The molecule has 1 heterocycles. The first kappa shape index (κ1) is 27.3. The SMILES string of the molecule is CCN(CC)c1ccc(CC(I)N(CCN(C)C)c2ccc(N=C(N)c3cccs3)cc2N)cc1. The van der Waals surface area contributed by atoms with Gasteiger partial charge >= 0.3 is 0 Å². The van der Waals surface area contributed by atoms with Crippen molar-refractivity contribution in [1.29, 1.82) is 0 Å². The molecule has 188 valence electrons. The summed E-state index contributed by atoms with van der Waals surface area (Å²) in [5.74, 6) is 0.511. The molecule has 35 heavy (non-hydrogen) atoms. The minimum absolute atomic E-state index is 0.250. The lowest BCUT2D eigenvalue weighted by atomic mass is 10.1. The zero-order valence-electron chi connectivity index (χ0n) is 21.1. The maximum absolute atomic E-state index is 6.57. The maximum atomic E-state index is 6.57. The molecular formula is C27H37IN6S. The van der Waals surface area contributed by atoms with Crippen molar-refractivity contribution in [2.24, 2.45) is 10.7 Å². The first-order chi connectivity index (χ1) is 16.8. The second kappa shape index (κ2) is 13.1. The first-order valence-electron chi connectivity index (χ1n) is 12.0. The predicted octanol–water partition coefficient (Wildman–Crippen LogP) is 5.59. The summed E-state index contributed by atoms with van der Waals surface area (Å²) < 4.78 is 0.250. The van der Waals surface area contributed by atoms with Gasteiger partial charge in [-0.15, -0.1) is 11.3 Å². The van der Waals surface area contributed by atoms with Crippen molar-refractivity contribution in [2.75, 3.05) is 55.8 Å². The number of hydrogen-bond donors (Lipinski definition) is 2. The van der Waals surface area contributed by atoms with Crippen molar-refractivity contribution in [2.45, 2.75) is 24.3 Å². The van der Waals surface area contributed by atoms with E-state index in [1.165, 1.54) is 11.3 Å². The molecule has 3 rings (SSSR count). The van der Waals surface area contributed by atoms with Gasteiger partial charge in [0.25, 0.3) is 0 Å². The van der Waals surface area contributed by atoms with Crippen LogP contribution in [0, 0.1) is 0 Å². The van der Waals surface area contributed by atoms with Gasteiger partial charge in [0.05, 0.1) is 26.0 Å². The van der Waals surface area contributed by atoms with Crippen LogP contribution in [0.3, 0.4) is 0 Å². The number of alkyl halides is 1. The molecule has 0 aliphatic carbocycles. The summed E-state index contributed by atoms with van der Waals surface area (Å²) in [6, 6.07) is 18.9. The van der Waals surface area contributed by atoms with E-state index in [0.717, 1.165) is 48.9 Å². The fraction of sp³-hybridized carbons (Fsp3) is 0.370. The monoisotopic (exact) mass is 604 g/mol. The van der Waals surface area contributed by atoms with Gasteiger partial charge in [0, 0.05) is 38.3 Å². The molecule has 0 bridgehead atoms. The van der Waals surface area contributed by atoms with E-state index in [2.05, 4.69) is 101 Å². The Morgan fingerprint density at radius 1 is 1.03 bits per heavy atom. The van der Waals surface area contributed by atoms with Crippen molar-refractivity contribution in [3.8, 4) is 0 Å². The third-order valence-electron chi connectivity index (χ3n) is 5.94. The number of amidine groups is 1. The highest BCUT2D eigenvalue weighted by Crippen LogP contribution is 2.32. The molecule has 8 heteroatoms. The topological polar surface area (TPSA) is 74.1 Å². The van der Waals surface area contributed by atoms with Gasteiger partial charge in [0.2, 0.25) is 0 Å². The quantitative estimate of drug-likeness (QED) is 0.0705. The number of rotatable bonds is 12. The normalized spacial score (nSPS) is 12.7. The lowest BCUT2D eigenvalue weighted by molar-refractivity contribution is 0.412. The Morgan fingerprint density at radius 3 is 2.31 bits per heavy atom. The van der Waals surface area contributed by atoms with Crippen LogP contribution in [0.25, 0.3) is 0 Å². The van der Waals surface area contributed by atoms with Crippen molar-refractivity contribution in [3.05, 3.63) is 70.4 Å². The smallest absolute Gasteiger partial charge is 0.141 e. The van der Waals surface area contributed by atoms with Gasteiger partial charge in [-0.3, -0.25) is 0 Å². The van der Waals surface area contributed by atoms with E-state index in [1.54, 1.807) is 11.3 Å². The van der Waals surface area contributed by atoms with E-state index >= 15 is 0 Å². The van der Waals surface area contributed by atoms with Crippen LogP contribution in [0.5, 0.6) is 0 Å². The number of nitrogens with two attached hydrogens (primary N) is 2. The lowest BCUT2D eigenvalue weighted by Gasteiger charge is -2.32. The molecule has 0 spiro atoms. The summed E-state index contributed by atoms with van der Waals surface area (Å²) >= 11 is 4.12. The lowest BCUT2D eigenvalue weighted by Crippen LogP contribution is -2.38. The Morgan fingerprint density at radius 2 is 1.74 bits per heavy atom. The maximum Gasteiger partial charge on any atom is 0.141 e. The summed E-state index contributed by atoms with van der Waals surface area (Å²) in [5.41, 5.74) is 17.8. The fourth-order valence-corrected chi connectivity index (χ4v) is 5.66. The number of likely N-dealkylation sites (N-methyl/N-ethyl adjacent to an activating group) is 1. The highest BCUT2D eigenvalue weighted by atomic mass is 127. The number of benzene rings is 2. The zero-order valence-corrected chi connectivity index (χ0v) is 24.1. The summed E-state index contributed by atoms with van der Waals surface area (Å²) in [6.45, 7) is 8.23. The summed E-state index contributed by atoms with van der Waals surface area (Å²) in [5, 5.41) is 2.00. The number of thiophene rings is 1. The average molecular weight is 605 g/mol. The number of hydrogen-bond acceptors (Lipinski definition) is 6. The van der Waals surface area contributed by atoms with Crippen LogP contribution in [0.2, 0.25) is 0 Å². The molecule has 1 unspecified atom stereocenters. The second-order valence-corrected chi connectivity index (χ2v) is 11.1. The molecule has 0 aliphatic rings. The van der Waals surface area contributed by atoms with Crippen molar-refractivity contribution < 1.29 is 0 Å². The number of nitrogen functional groups attached to an aromatic ring is 1. The zero-order chi connectivity index (χ0) is 25.4. The van der Waals surface area contributed by atoms with Gasteiger partial charge in [-0.25, -0.2) is 4.99 Å². The molecule has 0 fully saturated rings. The van der Waals surface area contributed by atoms with Crippen LogP contribution in [-0.2, 0) is 6.42 Å². The molecule has 0 radical (unpaired) electrons. The molecule has 0 saturated carbocycles. The van der Waals surface area contributed by atoms with Crippen LogP contribution in [0.4, 0.5) is 22.7 Å². The van der Waals surface area contributed by atoms with E-state index in [4.69, 9.17) is 11.5 Å². The molecule has 0 saturated heterocycles. The highest BCUT2D eigenvalue weighted by Gasteiger charge is 2.19. The van der Waals surface area contributed by atoms with Gasteiger partial charge in [0.15, 0.2) is 0 Å². The third kappa shape index (κ3) is 7.59. The summed E-state index contributed by atoms with van der Waals surface area (Å²) in [7, 11) is 4.20. The molecule has 2 aromatic carbocycles. The molecule has 0 aliphatic heterocycles. The Bertz CT molecular complexity index is 1080. The van der Waals surface area contributed by atoms with E-state index in [0.29, 0.717) is 11.5 Å². The van der Waals surface area contributed by atoms with E-state index in [1.807, 2.05) is 29.6 Å². The van der Waals surface area contributed by atoms with Crippen LogP contribution < -0.4 is 21.3 Å².